The van der Waals surface area contributed by atoms with Crippen molar-refractivity contribution in [2.75, 3.05) is 11.9 Å². The van der Waals surface area contributed by atoms with E-state index in [-0.39, 0.29) is 18.3 Å². The van der Waals surface area contributed by atoms with Gasteiger partial charge in [-0.15, -0.1) is 16.8 Å². The van der Waals surface area contributed by atoms with Gasteiger partial charge in [-0.3, -0.25) is 14.2 Å². The SMILES string of the molecule is C=CCn1c(S[C@H](C)C(=O)c2ccc3c(c2)NC(=O)CO3)nnc1-c1ccoc1C. The highest BCUT2D eigenvalue weighted by Crippen LogP contribution is 2.32. The molecular weight excluding hydrogens is 404 g/mol. The van der Waals surface area contributed by atoms with Gasteiger partial charge in [-0.05, 0) is 38.1 Å². The Morgan fingerprint density at radius 3 is 2.97 bits per heavy atom. The average molecular weight is 424 g/mol. The summed E-state index contributed by atoms with van der Waals surface area (Å²) in [4.78, 5) is 24.6. The van der Waals surface area contributed by atoms with Crippen LogP contribution in [0.15, 0.2) is 52.8 Å². The first-order chi connectivity index (χ1) is 14.5. The summed E-state index contributed by atoms with van der Waals surface area (Å²) < 4.78 is 12.6. The number of aromatic nitrogens is 3. The fourth-order valence-corrected chi connectivity index (χ4v) is 4.10. The number of hydrogen-bond donors (Lipinski definition) is 1. The average Bonchev–Trinajstić information content (AvgIpc) is 3.33. The third kappa shape index (κ3) is 3.76. The lowest BCUT2D eigenvalue weighted by Gasteiger charge is -2.19. The Labute approximate surface area is 177 Å². The minimum absolute atomic E-state index is 0.0238. The number of carbonyl (C=O) groups excluding carboxylic acids is 2. The molecule has 30 heavy (non-hydrogen) atoms. The highest BCUT2D eigenvalue weighted by Gasteiger charge is 2.24. The number of hydrogen-bond acceptors (Lipinski definition) is 7. The second-order valence-electron chi connectivity index (χ2n) is 6.77. The Kier molecular flexibility index (Phi) is 5.45. The number of nitrogens with zero attached hydrogens (tertiary/aromatic N) is 3. The van der Waals surface area contributed by atoms with Gasteiger partial charge in [-0.2, -0.15) is 0 Å². The number of ketones is 1. The first kappa shape index (κ1) is 20.0. The van der Waals surface area contributed by atoms with E-state index in [1.165, 1.54) is 11.8 Å². The smallest absolute Gasteiger partial charge is 0.262 e. The van der Waals surface area contributed by atoms with Gasteiger partial charge in [0.1, 0.15) is 11.5 Å². The molecule has 3 aromatic rings. The zero-order valence-corrected chi connectivity index (χ0v) is 17.4. The molecule has 8 nitrogen and oxygen atoms in total. The van der Waals surface area contributed by atoms with Crippen molar-refractivity contribution < 1.29 is 18.7 Å². The van der Waals surface area contributed by atoms with Gasteiger partial charge in [0.15, 0.2) is 23.4 Å². The number of furan rings is 1. The molecule has 1 N–H and O–H groups in total. The molecule has 2 aromatic heterocycles. The van der Waals surface area contributed by atoms with E-state index in [2.05, 4.69) is 22.1 Å². The summed E-state index contributed by atoms with van der Waals surface area (Å²) in [6.07, 6.45) is 3.36. The van der Waals surface area contributed by atoms with Crippen LogP contribution in [0.25, 0.3) is 11.4 Å². The molecule has 0 aliphatic carbocycles. The molecule has 0 spiro atoms. The quantitative estimate of drug-likeness (QED) is 0.350. The van der Waals surface area contributed by atoms with Crippen LogP contribution >= 0.6 is 11.8 Å². The molecule has 0 saturated heterocycles. The lowest BCUT2D eigenvalue weighted by molar-refractivity contribution is -0.118. The summed E-state index contributed by atoms with van der Waals surface area (Å²) in [5, 5.41) is 11.5. The minimum atomic E-state index is -0.422. The largest absolute Gasteiger partial charge is 0.482 e. The Bertz CT molecular complexity index is 1130. The molecule has 3 heterocycles. The molecular formula is C21H20N4O4S. The molecule has 0 bridgehead atoms. The summed E-state index contributed by atoms with van der Waals surface area (Å²) in [6, 6.07) is 6.87. The summed E-state index contributed by atoms with van der Waals surface area (Å²) in [6.45, 7) is 7.96. The molecule has 0 fully saturated rings. The monoisotopic (exact) mass is 424 g/mol. The topological polar surface area (TPSA) is 99.2 Å². The van der Waals surface area contributed by atoms with E-state index >= 15 is 0 Å². The number of benzene rings is 1. The van der Waals surface area contributed by atoms with Crippen molar-refractivity contribution in [1.82, 2.24) is 14.8 Å². The third-order valence-electron chi connectivity index (χ3n) is 4.68. The highest BCUT2D eigenvalue weighted by molar-refractivity contribution is 8.00. The first-order valence-electron chi connectivity index (χ1n) is 9.34. The maximum atomic E-state index is 13.0. The fourth-order valence-electron chi connectivity index (χ4n) is 3.17. The number of Topliss-reactive ketones (excluding diaryl/α,β-unsaturated/α-hetero) is 1. The Morgan fingerprint density at radius 1 is 1.40 bits per heavy atom. The molecule has 1 atom stereocenters. The van der Waals surface area contributed by atoms with Gasteiger partial charge >= 0.3 is 0 Å². The number of anilines is 1. The summed E-state index contributed by atoms with van der Waals surface area (Å²) >= 11 is 1.32. The van der Waals surface area contributed by atoms with Crippen molar-refractivity contribution in [3.8, 4) is 17.1 Å². The number of carbonyl (C=O) groups is 2. The van der Waals surface area contributed by atoms with Crippen molar-refractivity contribution in [1.29, 1.82) is 0 Å². The molecule has 9 heteroatoms. The second kappa shape index (κ2) is 8.19. The third-order valence-corrected chi connectivity index (χ3v) is 5.76. The zero-order chi connectivity index (χ0) is 21.3. The van der Waals surface area contributed by atoms with Crippen molar-refractivity contribution in [3.05, 3.63) is 54.5 Å². The normalized spacial score (nSPS) is 13.9. The Morgan fingerprint density at radius 2 is 2.23 bits per heavy atom. The minimum Gasteiger partial charge on any atom is -0.482 e. The highest BCUT2D eigenvalue weighted by atomic mass is 32.2. The Balaban J connectivity index is 1.57. The van der Waals surface area contributed by atoms with Crippen LogP contribution in [-0.2, 0) is 11.3 Å². The van der Waals surface area contributed by atoms with Gasteiger partial charge in [-0.1, -0.05) is 17.8 Å². The van der Waals surface area contributed by atoms with E-state index in [1.54, 1.807) is 30.5 Å². The van der Waals surface area contributed by atoms with Crippen molar-refractivity contribution in [2.45, 2.75) is 30.8 Å². The van der Waals surface area contributed by atoms with Crippen LogP contribution in [0.4, 0.5) is 5.69 Å². The second-order valence-corrected chi connectivity index (χ2v) is 8.08. The summed E-state index contributed by atoms with van der Waals surface area (Å²) in [7, 11) is 0. The van der Waals surface area contributed by atoms with E-state index < -0.39 is 5.25 Å². The molecule has 1 aromatic carbocycles. The predicted molar refractivity (Wildman–Crippen MR) is 113 cm³/mol. The van der Waals surface area contributed by atoms with E-state index in [9.17, 15) is 9.59 Å². The van der Waals surface area contributed by atoms with Crippen molar-refractivity contribution in [2.24, 2.45) is 0 Å². The molecule has 1 amide bonds. The van der Waals surface area contributed by atoms with Crippen LogP contribution in [0, 0.1) is 6.92 Å². The van der Waals surface area contributed by atoms with E-state index in [0.717, 1.165) is 11.3 Å². The number of ether oxygens (including phenoxy) is 1. The van der Waals surface area contributed by atoms with Crippen LogP contribution in [0.2, 0.25) is 0 Å². The Hall–Kier alpha value is -3.33. The number of amides is 1. The van der Waals surface area contributed by atoms with Gasteiger partial charge in [0, 0.05) is 12.1 Å². The van der Waals surface area contributed by atoms with E-state index in [4.69, 9.17) is 9.15 Å². The summed E-state index contributed by atoms with van der Waals surface area (Å²) in [5.41, 5.74) is 1.84. The molecule has 1 aliphatic rings. The number of rotatable bonds is 7. The molecule has 0 radical (unpaired) electrons. The van der Waals surface area contributed by atoms with E-state index in [0.29, 0.717) is 34.5 Å². The number of aryl methyl sites for hydroxylation is 1. The standard InChI is InChI=1S/C21H20N4O4S/c1-4-8-25-20(15-7-9-28-12(15)2)23-24-21(25)30-13(3)19(27)14-5-6-17-16(10-14)22-18(26)11-29-17/h4-7,9-10,13H,1,8,11H2,2-3H3,(H,22,26)/t13-/m1/s1. The van der Waals surface area contributed by atoms with Crippen molar-refractivity contribution in [3.63, 3.8) is 0 Å². The van der Waals surface area contributed by atoms with Gasteiger partial charge < -0.3 is 14.5 Å². The van der Waals surface area contributed by atoms with E-state index in [1.807, 2.05) is 24.5 Å². The lowest BCUT2D eigenvalue weighted by atomic mass is 10.1. The van der Waals surface area contributed by atoms with Crippen LogP contribution in [0.5, 0.6) is 5.75 Å². The van der Waals surface area contributed by atoms with Crippen molar-refractivity contribution >= 4 is 29.1 Å². The molecule has 0 saturated carbocycles. The molecule has 0 unspecified atom stereocenters. The summed E-state index contributed by atoms with van der Waals surface area (Å²) in [5.74, 6) is 1.63. The van der Waals surface area contributed by atoms with Crippen LogP contribution in [0.3, 0.4) is 0 Å². The predicted octanol–water partition coefficient (Wildman–Crippen LogP) is 3.73. The number of thioether (sulfide) groups is 1. The molecule has 154 valence electrons. The molecule has 1 aliphatic heterocycles. The lowest BCUT2D eigenvalue weighted by Crippen LogP contribution is -2.25. The van der Waals surface area contributed by atoms with Gasteiger partial charge in [0.2, 0.25) is 0 Å². The van der Waals surface area contributed by atoms with Crippen LogP contribution in [0.1, 0.15) is 23.0 Å². The van der Waals surface area contributed by atoms with Gasteiger partial charge in [-0.25, -0.2) is 0 Å². The van der Waals surface area contributed by atoms with Gasteiger partial charge in [0.25, 0.3) is 5.91 Å². The maximum Gasteiger partial charge on any atom is 0.262 e. The first-order valence-corrected chi connectivity index (χ1v) is 10.2. The van der Waals surface area contributed by atoms with Gasteiger partial charge in [0.05, 0.1) is 22.8 Å². The number of allylic oxidation sites excluding steroid dienone is 1. The zero-order valence-electron chi connectivity index (χ0n) is 16.5. The maximum absolute atomic E-state index is 13.0. The number of nitrogens with one attached hydrogen (secondary N) is 1. The molecule has 4 rings (SSSR count). The fraction of sp³-hybridized carbons (Fsp3) is 0.238. The van der Waals surface area contributed by atoms with Crippen LogP contribution < -0.4 is 10.1 Å². The van der Waals surface area contributed by atoms with Crippen LogP contribution in [-0.4, -0.2) is 38.3 Å². The number of fused-ring (bicyclic) bond motifs is 1.